The lowest BCUT2D eigenvalue weighted by Gasteiger charge is -2.09. The highest BCUT2D eigenvalue weighted by molar-refractivity contribution is 5.09. The van der Waals surface area contributed by atoms with Gasteiger partial charge < -0.3 is 23.7 Å². The van der Waals surface area contributed by atoms with Crippen LogP contribution in [-0.2, 0) is 36.9 Å². The Morgan fingerprint density at radius 3 is 1.81 bits per heavy atom. The summed E-state index contributed by atoms with van der Waals surface area (Å²) < 4.78 is 56.8. The standard InChI is InChI=1S/C15H23NO5/c1-2-14-12-20-10-8-18-6-4-17-5-7-19-9-11-21-13-15(3-1)16-14/h1-3H,4-13H2/i6D2,7D2. The predicted molar refractivity (Wildman–Crippen MR) is 76.0 cm³/mol. The third-order valence-corrected chi connectivity index (χ3v) is 2.55. The van der Waals surface area contributed by atoms with Gasteiger partial charge in [0, 0.05) is 0 Å². The highest BCUT2D eigenvalue weighted by Gasteiger charge is 2.00. The topological polar surface area (TPSA) is 59.0 Å². The Hall–Kier alpha value is -1.05. The summed E-state index contributed by atoms with van der Waals surface area (Å²) in [6, 6.07) is 5.51. The van der Waals surface area contributed by atoms with Gasteiger partial charge in [-0.3, -0.25) is 4.98 Å². The van der Waals surface area contributed by atoms with E-state index in [2.05, 4.69) is 4.98 Å². The van der Waals surface area contributed by atoms with Crippen molar-refractivity contribution in [1.82, 2.24) is 4.98 Å². The monoisotopic (exact) mass is 301 g/mol. The third kappa shape index (κ3) is 7.50. The number of nitrogens with zero attached hydrogens (tertiary/aromatic N) is 1. The van der Waals surface area contributed by atoms with Gasteiger partial charge in [-0.1, -0.05) is 6.07 Å². The number of aromatic nitrogens is 1. The van der Waals surface area contributed by atoms with Crippen molar-refractivity contribution >= 4 is 0 Å². The number of pyridine rings is 1. The first kappa shape index (κ1) is 11.5. The van der Waals surface area contributed by atoms with Crippen LogP contribution in [0.3, 0.4) is 0 Å². The van der Waals surface area contributed by atoms with Crippen molar-refractivity contribution in [2.24, 2.45) is 0 Å². The van der Waals surface area contributed by atoms with Crippen LogP contribution in [-0.4, -0.2) is 57.7 Å². The lowest BCUT2D eigenvalue weighted by atomic mass is 10.3. The van der Waals surface area contributed by atoms with E-state index < -0.39 is 26.3 Å². The summed E-state index contributed by atoms with van der Waals surface area (Å²) in [7, 11) is 0. The molecule has 0 N–H and O–H groups in total. The molecule has 1 aromatic heterocycles. The van der Waals surface area contributed by atoms with E-state index in [-0.39, 0.29) is 26.4 Å². The van der Waals surface area contributed by atoms with Crippen molar-refractivity contribution in [3.05, 3.63) is 29.6 Å². The summed E-state index contributed by atoms with van der Waals surface area (Å²) in [5.74, 6) is 0. The van der Waals surface area contributed by atoms with E-state index in [1.165, 1.54) is 0 Å². The summed E-state index contributed by atoms with van der Waals surface area (Å²) in [6.07, 6.45) is 0. The smallest absolute Gasteiger partial charge is 0.0889 e. The molecule has 0 unspecified atom stereocenters. The first-order chi connectivity index (χ1) is 11.9. The SMILES string of the molecule is [2H]C1([2H])COCC([2H])([2H])OCCOCc2cccc(n2)COCCO1. The predicted octanol–water partition coefficient (Wildman–Crippen LogP) is 1.18. The maximum atomic E-state index is 7.68. The molecule has 1 aromatic rings. The van der Waals surface area contributed by atoms with Gasteiger partial charge in [0.1, 0.15) is 0 Å². The van der Waals surface area contributed by atoms with E-state index in [1.807, 2.05) is 18.2 Å². The molecule has 1 aliphatic heterocycles. The normalized spacial score (nSPS) is 28.0. The van der Waals surface area contributed by atoms with Gasteiger partial charge in [-0.25, -0.2) is 0 Å². The molecule has 2 rings (SSSR count). The van der Waals surface area contributed by atoms with E-state index in [0.717, 1.165) is 11.4 Å². The van der Waals surface area contributed by atoms with Crippen molar-refractivity contribution in [2.75, 3.05) is 52.8 Å². The van der Waals surface area contributed by atoms with Crippen molar-refractivity contribution < 1.29 is 29.2 Å². The zero-order chi connectivity index (χ0) is 18.2. The fraction of sp³-hybridized carbons (Fsp3) is 0.667. The van der Waals surface area contributed by atoms with Crippen molar-refractivity contribution in [3.63, 3.8) is 0 Å². The first-order valence-electron chi connectivity index (χ1n) is 8.82. The van der Waals surface area contributed by atoms with Gasteiger partial charge in [-0.05, 0) is 12.1 Å². The Balaban J connectivity index is 1.94. The Bertz CT molecular complexity index is 491. The molecule has 0 fully saturated rings. The minimum absolute atomic E-state index is 0.0442. The number of fused-ring (bicyclic) bond motifs is 2. The Morgan fingerprint density at radius 2 is 1.24 bits per heavy atom. The van der Waals surface area contributed by atoms with Crippen LogP contribution in [0.15, 0.2) is 18.2 Å². The molecule has 6 nitrogen and oxygen atoms in total. The summed E-state index contributed by atoms with van der Waals surface area (Å²) in [5.41, 5.74) is 1.47. The van der Waals surface area contributed by atoms with Gasteiger partial charge >= 0.3 is 0 Å². The average Bonchev–Trinajstić information content (AvgIpc) is 2.53. The van der Waals surface area contributed by atoms with Crippen molar-refractivity contribution in [3.8, 4) is 0 Å². The molecule has 2 bridgehead atoms. The molecule has 0 spiro atoms. The van der Waals surface area contributed by atoms with Crippen LogP contribution < -0.4 is 0 Å². The number of hydrogen-bond acceptors (Lipinski definition) is 6. The molecule has 0 amide bonds. The van der Waals surface area contributed by atoms with Gasteiger partial charge in [0.15, 0.2) is 0 Å². The summed E-state index contributed by atoms with van der Waals surface area (Å²) in [4.78, 5) is 4.39. The second-order valence-corrected chi connectivity index (χ2v) is 4.20. The largest absolute Gasteiger partial charge is 0.377 e. The van der Waals surface area contributed by atoms with E-state index >= 15 is 0 Å². The molecule has 2 heterocycles. The van der Waals surface area contributed by atoms with Crippen molar-refractivity contribution in [2.45, 2.75) is 13.2 Å². The van der Waals surface area contributed by atoms with Crippen LogP contribution in [0.1, 0.15) is 16.9 Å². The average molecular weight is 301 g/mol. The summed E-state index contributed by atoms with van der Waals surface area (Å²) in [5, 5.41) is 0. The zero-order valence-electron chi connectivity index (χ0n) is 15.9. The van der Waals surface area contributed by atoms with Crippen molar-refractivity contribution in [1.29, 1.82) is 0 Å². The molecule has 0 aliphatic carbocycles. The Kier molecular flexibility index (Phi) is 5.83. The molecule has 0 aromatic carbocycles. The van der Waals surface area contributed by atoms with E-state index in [1.54, 1.807) is 0 Å². The summed E-state index contributed by atoms with van der Waals surface area (Å²) in [6.45, 7) is -3.81. The van der Waals surface area contributed by atoms with Gasteiger partial charge in [0.05, 0.1) is 82.8 Å². The Morgan fingerprint density at radius 1 is 0.714 bits per heavy atom. The quantitative estimate of drug-likeness (QED) is 0.717. The number of ether oxygens (including phenoxy) is 5. The van der Waals surface area contributed by atoms with Gasteiger partial charge in [-0.2, -0.15) is 0 Å². The third-order valence-electron chi connectivity index (χ3n) is 2.55. The van der Waals surface area contributed by atoms with Crippen LogP contribution in [0.25, 0.3) is 0 Å². The second-order valence-electron chi connectivity index (χ2n) is 4.20. The molecular formula is C15H23NO5. The maximum absolute atomic E-state index is 7.68. The molecule has 0 radical (unpaired) electrons. The van der Waals surface area contributed by atoms with E-state index in [9.17, 15) is 0 Å². The van der Waals surface area contributed by atoms with Gasteiger partial charge in [0.25, 0.3) is 0 Å². The molecule has 0 saturated heterocycles. The molecule has 0 atom stereocenters. The number of hydrogen-bond donors (Lipinski definition) is 0. The fourth-order valence-electron chi connectivity index (χ4n) is 1.61. The first-order valence-corrected chi connectivity index (χ1v) is 6.82. The van der Waals surface area contributed by atoms with E-state index in [4.69, 9.17) is 29.2 Å². The van der Waals surface area contributed by atoms with Gasteiger partial charge in [-0.15, -0.1) is 0 Å². The maximum Gasteiger partial charge on any atom is 0.0889 e. The summed E-state index contributed by atoms with van der Waals surface area (Å²) >= 11 is 0. The lowest BCUT2D eigenvalue weighted by molar-refractivity contribution is -0.0152. The van der Waals surface area contributed by atoms with Crippen LogP contribution in [0.5, 0.6) is 0 Å². The van der Waals surface area contributed by atoms with Crippen LogP contribution in [0.2, 0.25) is 0 Å². The minimum Gasteiger partial charge on any atom is -0.377 e. The molecule has 1 aliphatic rings. The molecule has 118 valence electrons. The Labute approximate surface area is 130 Å². The van der Waals surface area contributed by atoms with E-state index in [0.29, 0.717) is 13.2 Å². The number of rotatable bonds is 0. The highest BCUT2D eigenvalue weighted by Crippen LogP contribution is 2.03. The lowest BCUT2D eigenvalue weighted by Crippen LogP contribution is -2.14. The van der Waals surface area contributed by atoms with Crippen LogP contribution in [0, 0.1) is 0 Å². The molecule has 0 saturated carbocycles. The molecular weight excluding hydrogens is 274 g/mol. The molecule has 21 heavy (non-hydrogen) atoms. The zero-order valence-corrected chi connectivity index (χ0v) is 11.9. The van der Waals surface area contributed by atoms with Crippen LogP contribution >= 0.6 is 0 Å². The highest BCUT2D eigenvalue weighted by atomic mass is 16.6. The fourth-order valence-corrected chi connectivity index (χ4v) is 1.61. The second kappa shape index (κ2) is 10.6. The van der Waals surface area contributed by atoms with Crippen LogP contribution in [0.4, 0.5) is 0 Å². The minimum atomic E-state index is -2.04. The molecule has 6 heteroatoms. The van der Waals surface area contributed by atoms with Gasteiger partial charge in [0.2, 0.25) is 0 Å².